The molecule has 1 aliphatic rings. The van der Waals surface area contributed by atoms with Crippen molar-refractivity contribution >= 4 is 11.6 Å². The van der Waals surface area contributed by atoms with E-state index in [1.165, 1.54) is 6.33 Å². The van der Waals surface area contributed by atoms with Crippen molar-refractivity contribution in [3.63, 3.8) is 0 Å². The van der Waals surface area contributed by atoms with Gasteiger partial charge in [-0.1, -0.05) is 0 Å². The summed E-state index contributed by atoms with van der Waals surface area (Å²) in [6.45, 7) is 2.79. The summed E-state index contributed by atoms with van der Waals surface area (Å²) in [7, 11) is 1.71. The minimum atomic E-state index is -0.498. The van der Waals surface area contributed by atoms with E-state index < -0.39 is 4.92 Å². The number of nitrogens with one attached hydrogen (secondary N) is 2. The van der Waals surface area contributed by atoms with Crippen LogP contribution < -0.4 is 10.6 Å². The molecule has 0 spiro atoms. The molecule has 1 aromatic rings. The molecule has 0 bridgehead atoms. The molecule has 94 valence electrons. The van der Waals surface area contributed by atoms with E-state index in [1.54, 1.807) is 11.6 Å². The Hall–Kier alpha value is -1.67. The predicted molar refractivity (Wildman–Crippen MR) is 61.0 cm³/mol. The number of aromatic nitrogens is 2. The zero-order chi connectivity index (χ0) is 12.3. The van der Waals surface area contributed by atoms with Gasteiger partial charge >= 0.3 is 5.82 Å². The van der Waals surface area contributed by atoms with Gasteiger partial charge < -0.3 is 25.5 Å². The standard InChI is InChI=1S/C9H15N5O3/c1-13-6-12-9(14(15)16)8(13)11-5-7-4-10-2-3-17-7/h6-7,10-11H,2-5H2,1H3. The molecule has 0 amide bonds. The molecule has 8 heteroatoms. The largest absolute Gasteiger partial charge is 0.406 e. The number of aryl methyl sites for hydroxylation is 1. The van der Waals surface area contributed by atoms with Crippen molar-refractivity contribution < 1.29 is 9.66 Å². The Bertz CT molecular complexity index is 399. The van der Waals surface area contributed by atoms with E-state index in [0.29, 0.717) is 19.0 Å². The van der Waals surface area contributed by atoms with E-state index in [-0.39, 0.29) is 11.9 Å². The Labute approximate surface area is 98.1 Å². The Morgan fingerprint density at radius 3 is 3.29 bits per heavy atom. The lowest BCUT2D eigenvalue weighted by Gasteiger charge is -2.23. The molecular formula is C9H15N5O3. The van der Waals surface area contributed by atoms with Crippen LogP contribution in [-0.4, -0.2) is 46.8 Å². The van der Waals surface area contributed by atoms with Gasteiger partial charge in [-0.05, 0) is 9.91 Å². The zero-order valence-corrected chi connectivity index (χ0v) is 9.55. The summed E-state index contributed by atoms with van der Waals surface area (Å²) in [5.41, 5.74) is 0. The molecule has 0 aromatic carbocycles. The predicted octanol–water partition coefficient (Wildman–Crippen LogP) is -0.271. The van der Waals surface area contributed by atoms with Crippen molar-refractivity contribution in [2.75, 3.05) is 31.6 Å². The molecule has 17 heavy (non-hydrogen) atoms. The topological polar surface area (TPSA) is 94.2 Å². The maximum absolute atomic E-state index is 10.7. The zero-order valence-electron chi connectivity index (χ0n) is 9.55. The van der Waals surface area contributed by atoms with Crippen molar-refractivity contribution in [2.45, 2.75) is 6.10 Å². The average molecular weight is 241 g/mol. The third-order valence-electron chi connectivity index (χ3n) is 2.59. The fourth-order valence-corrected chi connectivity index (χ4v) is 1.72. The molecule has 2 rings (SSSR count). The van der Waals surface area contributed by atoms with Crippen LogP contribution in [0.15, 0.2) is 6.33 Å². The molecule has 2 N–H and O–H groups in total. The number of morpholine rings is 1. The van der Waals surface area contributed by atoms with E-state index in [9.17, 15) is 10.1 Å². The summed E-state index contributed by atoms with van der Waals surface area (Å²) in [4.78, 5) is 14.0. The van der Waals surface area contributed by atoms with E-state index in [4.69, 9.17) is 4.74 Å². The van der Waals surface area contributed by atoms with Crippen LogP contribution >= 0.6 is 0 Å². The first-order valence-corrected chi connectivity index (χ1v) is 5.40. The number of hydrogen-bond acceptors (Lipinski definition) is 6. The van der Waals surface area contributed by atoms with E-state index in [2.05, 4.69) is 15.6 Å². The molecule has 8 nitrogen and oxygen atoms in total. The Kier molecular flexibility index (Phi) is 3.55. The van der Waals surface area contributed by atoms with Gasteiger partial charge in [-0.3, -0.25) is 4.57 Å². The number of imidazole rings is 1. The Balaban J connectivity index is 1.97. The van der Waals surface area contributed by atoms with Crippen molar-refractivity contribution in [1.82, 2.24) is 14.9 Å². The van der Waals surface area contributed by atoms with Crippen LogP contribution in [0.2, 0.25) is 0 Å². The van der Waals surface area contributed by atoms with Gasteiger partial charge in [0, 0.05) is 26.7 Å². The van der Waals surface area contributed by atoms with Gasteiger partial charge in [0.15, 0.2) is 0 Å². The van der Waals surface area contributed by atoms with Gasteiger partial charge in [0.2, 0.25) is 12.1 Å². The van der Waals surface area contributed by atoms with Crippen LogP contribution in [0, 0.1) is 10.1 Å². The highest BCUT2D eigenvalue weighted by molar-refractivity contribution is 5.52. The molecule has 0 radical (unpaired) electrons. The first kappa shape index (κ1) is 11.8. The molecule has 2 heterocycles. The second-order valence-corrected chi connectivity index (χ2v) is 3.86. The van der Waals surface area contributed by atoms with Crippen LogP contribution in [0.1, 0.15) is 0 Å². The van der Waals surface area contributed by atoms with Crippen molar-refractivity contribution in [1.29, 1.82) is 0 Å². The molecule has 0 aliphatic carbocycles. The lowest BCUT2D eigenvalue weighted by Crippen LogP contribution is -2.42. The summed E-state index contributed by atoms with van der Waals surface area (Å²) in [5, 5.41) is 16.9. The molecule has 1 aromatic heterocycles. The fraction of sp³-hybridized carbons (Fsp3) is 0.667. The average Bonchev–Trinajstić information content (AvgIpc) is 2.69. The van der Waals surface area contributed by atoms with Crippen molar-refractivity contribution in [3.05, 3.63) is 16.4 Å². The van der Waals surface area contributed by atoms with Crippen molar-refractivity contribution in [2.24, 2.45) is 7.05 Å². The summed E-state index contributed by atoms with van der Waals surface area (Å²) in [6.07, 6.45) is 1.44. The lowest BCUT2D eigenvalue weighted by molar-refractivity contribution is -0.388. The number of rotatable bonds is 4. The quantitative estimate of drug-likeness (QED) is 0.556. The molecule has 1 saturated heterocycles. The van der Waals surface area contributed by atoms with Crippen LogP contribution in [-0.2, 0) is 11.8 Å². The minimum Gasteiger partial charge on any atom is -0.374 e. The van der Waals surface area contributed by atoms with Gasteiger partial charge in [-0.25, -0.2) is 0 Å². The fourth-order valence-electron chi connectivity index (χ4n) is 1.72. The van der Waals surface area contributed by atoms with Crippen LogP contribution in [0.3, 0.4) is 0 Å². The maximum Gasteiger partial charge on any atom is 0.406 e. The van der Waals surface area contributed by atoms with Gasteiger partial charge in [-0.15, -0.1) is 0 Å². The third-order valence-corrected chi connectivity index (χ3v) is 2.59. The van der Waals surface area contributed by atoms with Gasteiger partial charge in [0.25, 0.3) is 0 Å². The smallest absolute Gasteiger partial charge is 0.374 e. The van der Waals surface area contributed by atoms with E-state index >= 15 is 0 Å². The summed E-state index contributed by atoms with van der Waals surface area (Å²) < 4.78 is 7.08. The van der Waals surface area contributed by atoms with Crippen molar-refractivity contribution in [3.8, 4) is 0 Å². The molecule has 1 aliphatic heterocycles. The molecular weight excluding hydrogens is 226 g/mol. The highest BCUT2D eigenvalue weighted by atomic mass is 16.6. The maximum atomic E-state index is 10.7. The normalized spacial score (nSPS) is 20.2. The van der Waals surface area contributed by atoms with Gasteiger partial charge in [0.1, 0.15) is 0 Å². The number of nitro groups is 1. The number of nitrogens with zero attached hydrogens (tertiary/aromatic N) is 3. The second-order valence-electron chi connectivity index (χ2n) is 3.86. The molecule has 1 atom stereocenters. The van der Waals surface area contributed by atoms with E-state index in [0.717, 1.165) is 13.1 Å². The van der Waals surface area contributed by atoms with E-state index in [1.807, 2.05) is 0 Å². The molecule has 1 unspecified atom stereocenters. The molecule has 1 fully saturated rings. The number of anilines is 1. The summed E-state index contributed by atoms with van der Waals surface area (Å²) >= 11 is 0. The Morgan fingerprint density at radius 1 is 1.82 bits per heavy atom. The highest BCUT2D eigenvalue weighted by Crippen LogP contribution is 2.20. The van der Waals surface area contributed by atoms with Crippen LogP contribution in [0.25, 0.3) is 0 Å². The SMILES string of the molecule is Cn1cnc([N+](=O)[O-])c1NCC1CNCCO1. The highest BCUT2D eigenvalue weighted by Gasteiger charge is 2.21. The first-order chi connectivity index (χ1) is 8.18. The third kappa shape index (κ3) is 2.71. The summed E-state index contributed by atoms with van der Waals surface area (Å²) in [6, 6.07) is 0. The number of ether oxygens (including phenoxy) is 1. The Morgan fingerprint density at radius 2 is 2.65 bits per heavy atom. The summed E-state index contributed by atoms with van der Waals surface area (Å²) in [5.74, 6) is 0.250. The number of hydrogen-bond donors (Lipinski definition) is 2. The first-order valence-electron chi connectivity index (χ1n) is 5.40. The minimum absolute atomic E-state index is 0.0262. The van der Waals surface area contributed by atoms with Gasteiger partial charge in [0.05, 0.1) is 12.7 Å². The monoisotopic (exact) mass is 241 g/mol. The second kappa shape index (κ2) is 5.11. The van der Waals surface area contributed by atoms with Crippen LogP contribution in [0.4, 0.5) is 11.6 Å². The molecule has 0 saturated carbocycles. The van der Waals surface area contributed by atoms with Crippen LogP contribution in [0.5, 0.6) is 0 Å². The van der Waals surface area contributed by atoms with Gasteiger partial charge in [-0.2, -0.15) is 0 Å². The lowest BCUT2D eigenvalue weighted by atomic mass is 10.3.